The molecule has 0 fully saturated rings. The van der Waals surface area contributed by atoms with Gasteiger partial charge in [-0.2, -0.15) is 5.10 Å². The van der Waals surface area contributed by atoms with Crippen molar-refractivity contribution >= 4 is 10.0 Å². The monoisotopic (exact) mass is 259 g/mol. The van der Waals surface area contributed by atoms with E-state index in [1.54, 1.807) is 6.92 Å². The third kappa shape index (κ3) is 3.81. The summed E-state index contributed by atoms with van der Waals surface area (Å²) in [5.41, 5.74) is 0.563. The van der Waals surface area contributed by atoms with Gasteiger partial charge in [-0.05, 0) is 26.2 Å². The van der Waals surface area contributed by atoms with Gasteiger partial charge in [0, 0.05) is 6.04 Å². The molecule has 0 radical (unpaired) electrons. The lowest BCUT2D eigenvalue weighted by atomic mass is 10.0. The van der Waals surface area contributed by atoms with Crippen molar-refractivity contribution in [2.45, 2.75) is 51.5 Å². The van der Waals surface area contributed by atoms with E-state index >= 15 is 0 Å². The van der Waals surface area contributed by atoms with Gasteiger partial charge in [-0.1, -0.05) is 20.3 Å². The minimum absolute atomic E-state index is 0.0655. The summed E-state index contributed by atoms with van der Waals surface area (Å²) in [6.45, 7) is 7.81. The van der Waals surface area contributed by atoms with E-state index < -0.39 is 10.0 Å². The normalized spacial score (nSPS) is 15.8. The quantitative estimate of drug-likeness (QED) is 0.818. The van der Waals surface area contributed by atoms with Gasteiger partial charge in [0.25, 0.3) is 0 Å². The fourth-order valence-electron chi connectivity index (χ4n) is 1.76. The molecule has 2 atom stereocenters. The first-order valence-electron chi connectivity index (χ1n) is 5.89. The molecule has 0 bridgehead atoms. The highest BCUT2D eigenvalue weighted by atomic mass is 32.2. The minimum atomic E-state index is -3.44. The van der Waals surface area contributed by atoms with Crippen LogP contribution in [0.5, 0.6) is 0 Å². The maximum atomic E-state index is 12.0. The summed E-state index contributed by atoms with van der Waals surface area (Å²) >= 11 is 0. The number of rotatable bonds is 6. The second kappa shape index (κ2) is 5.64. The van der Waals surface area contributed by atoms with Crippen LogP contribution in [0.2, 0.25) is 0 Å². The maximum Gasteiger partial charge on any atom is 0.244 e. The number of hydrogen-bond donors (Lipinski definition) is 2. The van der Waals surface area contributed by atoms with Gasteiger partial charge in [0.2, 0.25) is 10.0 Å². The molecule has 0 aliphatic heterocycles. The zero-order valence-corrected chi connectivity index (χ0v) is 11.6. The van der Waals surface area contributed by atoms with Gasteiger partial charge in [0.15, 0.2) is 0 Å². The minimum Gasteiger partial charge on any atom is -0.281 e. The standard InChI is InChI=1S/C11H21N3O2S/c1-5-8(2)6-9(3)14-17(15,16)11-7-12-13-10(11)4/h7-9,14H,5-6H2,1-4H3,(H,12,13). The fraction of sp³-hybridized carbons (Fsp3) is 0.727. The van der Waals surface area contributed by atoms with Gasteiger partial charge in [0.05, 0.1) is 11.9 Å². The van der Waals surface area contributed by atoms with Crippen LogP contribution >= 0.6 is 0 Å². The van der Waals surface area contributed by atoms with Crippen LogP contribution in [0.25, 0.3) is 0 Å². The van der Waals surface area contributed by atoms with Gasteiger partial charge in [0.1, 0.15) is 4.90 Å². The van der Waals surface area contributed by atoms with Gasteiger partial charge in [-0.25, -0.2) is 13.1 Å². The zero-order chi connectivity index (χ0) is 13.1. The molecule has 5 nitrogen and oxygen atoms in total. The highest BCUT2D eigenvalue weighted by Gasteiger charge is 2.21. The first-order chi connectivity index (χ1) is 7.86. The number of aromatic nitrogens is 2. The second-order valence-corrected chi connectivity index (χ2v) is 6.31. The smallest absolute Gasteiger partial charge is 0.244 e. The zero-order valence-electron chi connectivity index (χ0n) is 10.8. The number of nitrogens with one attached hydrogen (secondary N) is 2. The van der Waals surface area contributed by atoms with E-state index in [1.165, 1.54) is 6.20 Å². The molecule has 0 saturated carbocycles. The molecule has 0 amide bonds. The molecular formula is C11H21N3O2S. The highest BCUT2D eigenvalue weighted by molar-refractivity contribution is 7.89. The first kappa shape index (κ1) is 14.2. The van der Waals surface area contributed by atoms with Crippen LogP contribution in [-0.2, 0) is 10.0 Å². The molecule has 0 saturated heterocycles. The molecule has 17 heavy (non-hydrogen) atoms. The molecule has 2 N–H and O–H groups in total. The van der Waals surface area contributed by atoms with E-state index in [-0.39, 0.29) is 10.9 Å². The Morgan fingerprint density at radius 3 is 2.59 bits per heavy atom. The molecular weight excluding hydrogens is 238 g/mol. The molecule has 0 aliphatic carbocycles. The summed E-state index contributed by atoms with van der Waals surface area (Å²) in [5.74, 6) is 0.512. The number of nitrogens with zero attached hydrogens (tertiary/aromatic N) is 1. The Morgan fingerprint density at radius 2 is 2.12 bits per heavy atom. The van der Waals surface area contributed by atoms with Gasteiger partial charge in [-0.15, -0.1) is 0 Å². The number of hydrogen-bond acceptors (Lipinski definition) is 3. The number of sulfonamides is 1. The van der Waals surface area contributed by atoms with Crippen LogP contribution in [0, 0.1) is 12.8 Å². The van der Waals surface area contributed by atoms with E-state index in [9.17, 15) is 8.42 Å². The Kier molecular flexibility index (Phi) is 4.70. The van der Waals surface area contributed by atoms with Crippen molar-refractivity contribution in [1.29, 1.82) is 0 Å². The summed E-state index contributed by atoms with van der Waals surface area (Å²) in [5, 5.41) is 6.36. The maximum absolute atomic E-state index is 12.0. The van der Waals surface area contributed by atoms with Crippen LogP contribution in [0.1, 0.15) is 39.3 Å². The molecule has 2 unspecified atom stereocenters. The Balaban J connectivity index is 2.71. The van der Waals surface area contributed by atoms with Crippen LogP contribution in [0.4, 0.5) is 0 Å². The van der Waals surface area contributed by atoms with Crippen LogP contribution < -0.4 is 4.72 Å². The summed E-state index contributed by atoms with van der Waals surface area (Å²) in [6, 6.07) is -0.0655. The second-order valence-electron chi connectivity index (χ2n) is 4.63. The van der Waals surface area contributed by atoms with Gasteiger partial charge >= 0.3 is 0 Å². The lowest BCUT2D eigenvalue weighted by molar-refractivity contribution is 0.445. The Morgan fingerprint density at radius 1 is 1.47 bits per heavy atom. The summed E-state index contributed by atoms with van der Waals surface area (Å²) in [7, 11) is -3.44. The van der Waals surface area contributed by atoms with Crippen molar-refractivity contribution in [3.63, 3.8) is 0 Å². The number of H-pyrrole nitrogens is 1. The largest absolute Gasteiger partial charge is 0.281 e. The van der Waals surface area contributed by atoms with Gasteiger partial charge < -0.3 is 0 Å². The molecule has 0 aliphatic rings. The average Bonchev–Trinajstić information content (AvgIpc) is 2.63. The topological polar surface area (TPSA) is 74.8 Å². The number of aromatic amines is 1. The summed E-state index contributed by atoms with van der Waals surface area (Å²) in [4.78, 5) is 0.230. The summed E-state index contributed by atoms with van der Waals surface area (Å²) < 4.78 is 26.7. The molecule has 1 aromatic rings. The predicted octanol–water partition coefficient (Wildman–Crippen LogP) is 1.82. The van der Waals surface area contributed by atoms with E-state index in [0.717, 1.165) is 12.8 Å². The van der Waals surface area contributed by atoms with E-state index in [2.05, 4.69) is 28.8 Å². The summed E-state index contributed by atoms with van der Waals surface area (Å²) in [6.07, 6.45) is 3.23. The van der Waals surface area contributed by atoms with Crippen molar-refractivity contribution in [3.8, 4) is 0 Å². The average molecular weight is 259 g/mol. The van der Waals surface area contributed by atoms with Crippen molar-refractivity contribution in [2.75, 3.05) is 0 Å². The van der Waals surface area contributed by atoms with Crippen molar-refractivity contribution < 1.29 is 8.42 Å². The number of aryl methyl sites for hydroxylation is 1. The predicted molar refractivity (Wildman–Crippen MR) is 67.2 cm³/mol. The lowest BCUT2D eigenvalue weighted by Crippen LogP contribution is -2.33. The molecule has 1 aromatic heterocycles. The first-order valence-corrected chi connectivity index (χ1v) is 7.37. The third-order valence-corrected chi connectivity index (χ3v) is 4.59. The van der Waals surface area contributed by atoms with Crippen molar-refractivity contribution in [3.05, 3.63) is 11.9 Å². The molecule has 6 heteroatoms. The Bertz CT molecular complexity index is 453. The molecule has 1 heterocycles. The Hall–Kier alpha value is -0.880. The van der Waals surface area contributed by atoms with Crippen LogP contribution in [0.15, 0.2) is 11.1 Å². The van der Waals surface area contributed by atoms with Crippen molar-refractivity contribution in [2.24, 2.45) is 5.92 Å². The van der Waals surface area contributed by atoms with E-state index in [1.807, 2.05) is 6.92 Å². The van der Waals surface area contributed by atoms with E-state index in [0.29, 0.717) is 11.6 Å². The highest BCUT2D eigenvalue weighted by Crippen LogP contribution is 2.14. The third-order valence-electron chi connectivity index (χ3n) is 2.88. The Labute approximate surface area is 103 Å². The van der Waals surface area contributed by atoms with Crippen molar-refractivity contribution in [1.82, 2.24) is 14.9 Å². The SMILES string of the molecule is CCC(C)CC(C)NS(=O)(=O)c1cn[nH]c1C. The molecule has 98 valence electrons. The molecule has 0 aromatic carbocycles. The molecule has 1 rings (SSSR count). The lowest BCUT2D eigenvalue weighted by Gasteiger charge is -2.17. The van der Waals surface area contributed by atoms with Crippen LogP contribution in [0.3, 0.4) is 0 Å². The van der Waals surface area contributed by atoms with E-state index in [4.69, 9.17) is 0 Å². The fourth-order valence-corrected chi connectivity index (χ4v) is 3.15. The molecule has 0 spiro atoms. The van der Waals surface area contributed by atoms with Crippen LogP contribution in [-0.4, -0.2) is 24.7 Å². The van der Waals surface area contributed by atoms with Gasteiger partial charge in [-0.3, -0.25) is 5.10 Å².